The van der Waals surface area contributed by atoms with Crippen molar-refractivity contribution in [1.82, 2.24) is 24.9 Å². The number of methoxy groups -OCH3 is 1. The van der Waals surface area contributed by atoms with E-state index in [-0.39, 0.29) is 11.2 Å². The van der Waals surface area contributed by atoms with Crippen molar-refractivity contribution in [3.8, 4) is 17.1 Å². The van der Waals surface area contributed by atoms with Gasteiger partial charge in [0.15, 0.2) is 10.8 Å². The molecule has 33 heavy (non-hydrogen) atoms. The van der Waals surface area contributed by atoms with Crippen LogP contribution in [-0.4, -0.2) is 37.8 Å². The average Bonchev–Trinajstić information content (AvgIpc) is 3.52. The molecule has 0 bridgehead atoms. The number of amides is 1. The fraction of sp³-hybridized carbons (Fsp3) is 0.167. The van der Waals surface area contributed by atoms with E-state index in [1.165, 1.54) is 11.8 Å². The Hall–Kier alpha value is -3.43. The minimum absolute atomic E-state index is 0.0510. The molecule has 5 aromatic rings. The predicted octanol–water partition coefficient (Wildman–Crippen LogP) is 4.81. The summed E-state index contributed by atoms with van der Waals surface area (Å²) in [6.07, 6.45) is 0. The molecule has 1 atom stereocenters. The normalized spacial score (nSPS) is 12.2. The molecule has 0 fully saturated rings. The van der Waals surface area contributed by atoms with E-state index < -0.39 is 0 Å². The highest BCUT2D eigenvalue weighted by Gasteiger charge is 2.21. The second kappa shape index (κ2) is 9.21. The van der Waals surface area contributed by atoms with E-state index in [9.17, 15) is 4.79 Å². The summed E-state index contributed by atoms with van der Waals surface area (Å²) in [5.74, 6) is 1.43. The Bertz CT molecular complexity index is 1410. The van der Waals surface area contributed by atoms with E-state index in [0.717, 1.165) is 27.1 Å². The second-order valence-corrected chi connectivity index (χ2v) is 9.72. The third-order valence-corrected chi connectivity index (χ3v) is 7.15. The zero-order valence-electron chi connectivity index (χ0n) is 18.1. The lowest BCUT2D eigenvalue weighted by molar-refractivity contribution is -0.120. The molecule has 2 aromatic carbocycles. The van der Waals surface area contributed by atoms with Crippen LogP contribution >= 0.6 is 23.1 Å². The smallest absolute Gasteiger partial charge is 0.233 e. The first kappa shape index (κ1) is 21.4. The summed E-state index contributed by atoms with van der Waals surface area (Å²) in [6.45, 7) is 2.39. The van der Waals surface area contributed by atoms with Gasteiger partial charge in [-0.05, 0) is 54.8 Å². The number of hydrogen-bond donors (Lipinski definition) is 1. The number of ether oxygens (including phenoxy) is 1. The molecule has 9 heteroatoms. The van der Waals surface area contributed by atoms with Crippen LogP contribution in [-0.2, 0) is 11.3 Å². The molecule has 0 saturated carbocycles. The Kier molecular flexibility index (Phi) is 5.97. The van der Waals surface area contributed by atoms with Gasteiger partial charge in [-0.15, -0.1) is 21.5 Å². The SMILES string of the molecule is COc1ccc(-c2nc3ccccc3c3nnc(S[C@@H](C)C(=O)NCc4cccs4)n23)cc1. The zero-order valence-corrected chi connectivity index (χ0v) is 19.7. The van der Waals surface area contributed by atoms with E-state index >= 15 is 0 Å². The standard InChI is InChI=1S/C24H21N5O2S2/c1-15(23(30)25-14-18-6-5-13-32-18)33-24-28-27-22-19-7-3-4-8-20(19)26-21(29(22)24)16-9-11-17(31-2)12-10-16/h3-13,15H,14H2,1-2H3,(H,25,30)/t15-/m0/s1. The van der Waals surface area contributed by atoms with Crippen LogP contribution in [0.25, 0.3) is 27.9 Å². The number of nitrogens with zero attached hydrogens (tertiary/aromatic N) is 4. The summed E-state index contributed by atoms with van der Waals surface area (Å²) in [6, 6.07) is 19.6. The number of benzene rings is 2. The molecule has 0 aliphatic heterocycles. The molecule has 1 N–H and O–H groups in total. The fourth-order valence-corrected chi connectivity index (χ4v) is 5.03. The van der Waals surface area contributed by atoms with Crippen LogP contribution in [0.15, 0.2) is 71.2 Å². The number of carbonyl (C=O) groups is 1. The second-order valence-electron chi connectivity index (χ2n) is 7.38. The molecule has 0 aliphatic carbocycles. The molecule has 5 rings (SSSR count). The maximum absolute atomic E-state index is 12.7. The van der Waals surface area contributed by atoms with Crippen molar-refractivity contribution in [3.63, 3.8) is 0 Å². The summed E-state index contributed by atoms with van der Waals surface area (Å²) in [7, 11) is 1.64. The Morgan fingerprint density at radius 3 is 2.70 bits per heavy atom. The van der Waals surface area contributed by atoms with Crippen LogP contribution in [0.2, 0.25) is 0 Å². The van der Waals surface area contributed by atoms with Gasteiger partial charge in [-0.3, -0.25) is 9.20 Å². The molecule has 1 amide bonds. The van der Waals surface area contributed by atoms with Gasteiger partial charge < -0.3 is 10.1 Å². The van der Waals surface area contributed by atoms with Crippen LogP contribution in [0.4, 0.5) is 0 Å². The third-order valence-electron chi connectivity index (χ3n) is 5.23. The van der Waals surface area contributed by atoms with Crippen LogP contribution in [0.3, 0.4) is 0 Å². The zero-order chi connectivity index (χ0) is 22.8. The van der Waals surface area contributed by atoms with E-state index in [0.29, 0.717) is 23.2 Å². The molecule has 3 heterocycles. The van der Waals surface area contributed by atoms with Gasteiger partial charge in [0, 0.05) is 15.8 Å². The first-order valence-electron chi connectivity index (χ1n) is 10.4. The topological polar surface area (TPSA) is 81.4 Å². The average molecular weight is 476 g/mol. The number of thioether (sulfide) groups is 1. The highest BCUT2D eigenvalue weighted by atomic mass is 32.2. The molecule has 0 spiro atoms. The number of rotatable bonds is 7. The predicted molar refractivity (Wildman–Crippen MR) is 132 cm³/mol. The van der Waals surface area contributed by atoms with Gasteiger partial charge in [-0.2, -0.15) is 0 Å². The summed E-state index contributed by atoms with van der Waals surface area (Å²) in [5, 5.41) is 15.1. The molecule has 0 radical (unpaired) electrons. The molecule has 0 unspecified atom stereocenters. The Morgan fingerprint density at radius 2 is 1.94 bits per heavy atom. The molecule has 0 saturated heterocycles. The fourth-order valence-electron chi connectivity index (χ4n) is 3.51. The van der Waals surface area contributed by atoms with Gasteiger partial charge >= 0.3 is 0 Å². The number of carbonyl (C=O) groups excluding carboxylic acids is 1. The van der Waals surface area contributed by atoms with Crippen molar-refractivity contribution >= 4 is 45.6 Å². The summed E-state index contributed by atoms with van der Waals surface area (Å²) in [5.41, 5.74) is 2.45. The summed E-state index contributed by atoms with van der Waals surface area (Å²) in [4.78, 5) is 18.8. The van der Waals surface area contributed by atoms with Gasteiger partial charge in [0.2, 0.25) is 5.91 Å². The molecule has 7 nitrogen and oxygen atoms in total. The molecule has 3 aromatic heterocycles. The lowest BCUT2D eigenvalue weighted by Gasteiger charge is -2.13. The maximum Gasteiger partial charge on any atom is 0.233 e. The number of hydrogen-bond acceptors (Lipinski definition) is 7. The number of nitrogens with one attached hydrogen (secondary N) is 1. The van der Waals surface area contributed by atoms with Crippen molar-refractivity contribution in [2.45, 2.75) is 23.9 Å². The summed E-state index contributed by atoms with van der Waals surface area (Å²) < 4.78 is 7.23. The van der Waals surface area contributed by atoms with Crippen LogP contribution < -0.4 is 10.1 Å². The lowest BCUT2D eigenvalue weighted by Crippen LogP contribution is -2.30. The number of fused-ring (bicyclic) bond motifs is 3. The number of aromatic nitrogens is 4. The van der Waals surface area contributed by atoms with Crippen molar-refractivity contribution in [3.05, 3.63) is 70.9 Å². The van der Waals surface area contributed by atoms with Gasteiger partial charge in [-0.1, -0.05) is 30.0 Å². The van der Waals surface area contributed by atoms with Crippen LogP contribution in [0, 0.1) is 0 Å². The first-order chi connectivity index (χ1) is 16.1. The van der Waals surface area contributed by atoms with Crippen molar-refractivity contribution < 1.29 is 9.53 Å². The molecule has 166 valence electrons. The summed E-state index contributed by atoms with van der Waals surface area (Å²) >= 11 is 2.99. The Balaban J connectivity index is 1.52. The van der Waals surface area contributed by atoms with Crippen molar-refractivity contribution in [1.29, 1.82) is 0 Å². The van der Waals surface area contributed by atoms with Gasteiger partial charge in [-0.25, -0.2) is 4.98 Å². The Morgan fingerprint density at radius 1 is 1.12 bits per heavy atom. The van der Waals surface area contributed by atoms with Crippen molar-refractivity contribution in [2.24, 2.45) is 0 Å². The first-order valence-corrected chi connectivity index (χ1v) is 12.1. The van der Waals surface area contributed by atoms with Crippen LogP contribution in [0.5, 0.6) is 5.75 Å². The molecular formula is C24H21N5O2S2. The van der Waals surface area contributed by atoms with E-state index in [4.69, 9.17) is 9.72 Å². The molecular weight excluding hydrogens is 454 g/mol. The van der Waals surface area contributed by atoms with Gasteiger partial charge in [0.05, 0.1) is 24.4 Å². The molecule has 0 aliphatic rings. The van der Waals surface area contributed by atoms with E-state index in [1.807, 2.05) is 77.4 Å². The van der Waals surface area contributed by atoms with Gasteiger partial charge in [0.25, 0.3) is 0 Å². The minimum atomic E-state index is -0.354. The van der Waals surface area contributed by atoms with Crippen LogP contribution in [0.1, 0.15) is 11.8 Å². The largest absolute Gasteiger partial charge is 0.497 e. The minimum Gasteiger partial charge on any atom is -0.497 e. The Labute approximate surface area is 198 Å². The van der Waals surface area contributed by atoms with Gasteiger partial charge in [0.1, 0.15) is 11.6 Å². The number of thiophene rings is 1. The number of para-hydroxylation sites is 1. The van der Waals surface area contributed by atoms with E-state index in [1.54, 1.807) is 18.4 Å². The highest BCUT2D eigenvalue weighted by molar-refractivity contribution is 8.00. The maximum atomic E-state index is 12.7. The third kappa shape index (κ3) is 4.29. The quantitative estimate of drug-likeness (QED) is 0.340. The lowest BCUT2D eigenvalue weighted by atomic mass is 10.1. The monoisotopic (exact) mass is 475 g/mol. The van der Waals surface area contributed by atoms with Crippen molar-refractivity contribution in [2.75, 3.05) is 7.11 Å². The highest BCUT2D eigenvalue weighted by Crippen LogP contribution is 2.31. The van der Waals surface area contributed by atoms with E-state index in [2.05, 4.69) is 15.5 Å².